The molecule has 0 heterocycles. The molecule has 0 aromatic heterocycles. The molecule has 0 aromatic carbocycles. The van der Waals surface area contributed by atoms with E-state index in [0.717, 1.165) is 37.0 Å². The van der Waals surface area contributed by atoms with Crippen molar-refractivity contribution >= 4 is 0 Å². The van der Waals surface area contributed by atoms with Crippen molar-refractivity contribution in [3.63, 3.8) is 0 Å². The van der Waals surface area contributed by atoms with E-state index in [2.05, 4.69) is 19.9 Å². The lowest BCUT2D eigenvalue weighted by molar-refractivity contribution is -0.139. The molecule has 7 atom stereocenters. The molecule has 132 valence electrons. The quantitative estimate of drug-likeness (QED) is 0.619. The number of nitrogens with zero attached hydrogens (tertiary/aromatic N) is 1. The first-order valence-electron chi connectivity index (χ1n) is 10.1. The van der Waals surface area contributed by atoms with Gasteiger partial charge in [-0.3, -0.25) is 0 Å². The summed E-state index contributed by atoms with van der Waals surface area (Å²) in [4.78, 5) is 0. The maximum absolute atomic E-state index is 10.6. The SMILES string of the molecule is CC12CC[C@H]3C(CCC4C[C@](C)(O)CCC43C)[C@@H]1CC/C2=C/C#N. The zero-order valence-electron chi connectivity index (χ0n) is 15.6. The van der Waals surface area contributed by atoms with E-state index in [1.165, 1.54) is 44.1 Å². The Bertz CT molecular complexity index is 600. The summed E-state index contributed by atoms with van der Waals surface area (Å²) in [6.07, 6.45) is 12.7. The van der Waals surface area contributed by atoms with Gasteiger partial charge in [0.25, 0.3) is 0 Å². The van der Waals surface area contributed by atoms with Crippen LogP contribution >= 0.6 is 0 Å². The fourth-order valence-electron chi connectivity index (χ4n) is 7.59. The molecule has 2 nitrogen and oxygen atoms in total. The van der Waals surface area contributed by atoms with Crippen molar-refractivity contribution in [1.29, 1.82) is 5.26 Å². The van der Waals surface area contributed by atoms with Gasteiger partial charge in [0.2, 0.25) is 0 Å². The predicted molar refractivity (Wildman–Crippen MR) is 96.0 cm³/mol. The Morgan fingerprint density at radius 1 is 1.04 bits per heavy atom. The molecule has 0 spiro atoms. The molecule has 0 bridgehead atoms. The second-order valence-corrected chi connectivity index (χ2v) is 10.2. The summed E-state index contributed by atoms with van der Waals surface area (Å²) in [6.45, 7) is 7.05. The second-order valence-electron chi connectivity index (χ2n) is 10.2. The van der Waals surface area contributed by atoms with Gasteiger partial charge in [-0.25, -0.2) is 0 Å². The van der Waals surface area contributed by atoms with Crippen LogP contribution in [0.4, 0.5) is 0 Å². The molecule has 4 unspecified atom stereocenters. The number of hydrogen-bond donors (Lipinski definition) is 1. The van der Waals surface area contributed by atoms with Gasteiger partial charge in [-0.15, -0.1) is 0 Å². The summed E-state index contributed by atoms with van der Waals surface area (Å²) < 4.78 is 0. The lowest BCUT2D eigenvalue weighted by Gasteiger charge is -2.61. The smallest absolute Gasteiger partial charge is 0.0911 e. The Morgan fingerprint density at radius 3 is 2.58 bits per heavy atom. The van der Waals surface area contributed by atoms with Crippen molar-refractivity contribution in [2.45, 2.75) is 84.2 Å². The predicted octanol–water partition coefficient (Wildman–Crippen LogP) is 5.23. The van der Waals surface area contributed by atoms with Crippen molar-refractivity contribution in [3.05, 3.63) is 11.6 Å². The van der Waals surface area contributed by atoms with Crippen LogP contribution in [-0.4, -0.2) is 10.7 Å². The molecule has 4 aliphatic carbocycles. The fourth-order valence-corrected chi connectivity index (χ4v) is 7.59. The van der Waals surface area contributed by atoms with Gasteiger partial charge >= 0.3 is 0 Å². The lowest BCUT2D eigenvalue weighted by atomic mass is 9.44. The van der Waals surface area contributed by atoms with Crippen LogP contribution in [0.15, 0.2) is 11.6 Å². The summed E-state index contributed by atoms with van der Waals surface area (Å²) in [6, 6.07) is 2.31. The standard InChI is InChI=1S/C22H33NO/c1-20(24)11-12-22(3)16(14-20)4-6-17-18-7-5-15(9-13-23)21(18,2)10-8-19(17)22/h9,16-19,24H,4-8,10-12,14H2,1-3H3/b15-9-/t16?,17?,18-,19-,20+,21?,22?/m0/s1. The van der Waals surface area contributed by atoms with Gasteiger partial charge in [0, 0.05) is 6.08 Å². The molecule has 0 aromatic rings. The minimum atomic E-state index is -0.434. The van der Waals surface area contributed by atoms with Crippen LogP contribution in [0, 0.1) is 45.8 Å². The molecule has 4 aliphatic rings. The number of nitriles is 1. The molecule has 4 fully saturated rings. The molecule has 0 aliphatic heterocycles. The average Bonchev–Trinajstić information content (AvgIpc) is 2.85. The van der Waals surface area contributed by atoms with E-state index in [4.69, 9.17) is 5.26 Å². The zero-order chi connectivity index (χ0) is 17.2. The summed E-state index contributed by atoms with van der Waals surface area (Å²) in [5.41, 5.74) is 1.73. The van der Waals surface area contributed by atoms with Gasteiger partial charge in [0.15, 0.2) is 0 Å². The largest absolute Gasteiger partial charge is 0.390 e. The maximum Gasteiger partial charge on any atom is 0.0911 e. The molecule has 0 saturated heterocycles. The Balaban J connectivity index is 1.62. The molecule has 0 amide bonds. The monoisotopic (exact) mass is 327 g/mol. The van der Waals surface area contributed by atoms with Crippen LogP contribution < -0.4 is 0 Å². The molecule has 0 radical (unpaired) electrons. The van der Waals surface area contributed by atoms with Crippen molar-refractivity contribution < 1.29 is 5.11 Å². The van der Waals surface area contributed by atoms with Crippen LogP contribution in [0.3, 0.4) is 0 Å². The number of aliphatic hydroxyl groups is 1. The summed E-state index contributed by atoms with van der Waals surface area (Å²) in [7, 11) is 0. The Kier molecular flexibility index (Phi) is 3.70. The highest BCUT2D eigenvalue weighted by atomic mass is 16.3. The highest BCUT2D eigenvalue weighted by Gasteiger charge is 2.59. The van der Waals surface area contributed by atoms with E-state index in [1.807, 2.05) is 13.0 Å². The van der Waals surface area contributed by atoms with E-state index in [9.17, 15) is 5.11 Å². The molecular weight excluding hydrogens is 294 g/mol. The van der Waals surface area contributed by atoms with E-state index < -0.39 is 5.60 Å². The average molecular weight is 328 g/mol. The highest BCUT2D eigenvalue weighted by Crippen LogP contribution is 2.67. The number of rotatable bonds is 0. The van der Waals surface area contributed by atoms with E-state index in [1.54, 1.807) is 0 Å². The van der Waals surface area contributed by atoms with Gasteiger partial charge in [0.05, 0.1) is 11.7 Å². The number of allylic oxidation sites excluding steroid dienone is 2. The maximum atomic E-state index is 10.6. The Labute approximate surface area is 147 Å². The molecular formula is C22H33NO. The van der Waals surface area contributed by atoms with Crippen LogP contribution in [-0.2, 0) is 0 Å². The molecule has 4 rings (SSSR count). The van der Waals surface area contributed by atoms with Crippen LogP contribution in [0.2, 0.25) is 0 Å². The Hall–Kier alpha value is -0.810. The van der Waals surface area contributed by atoms with Gasteiger partial charge in [-0.2, -0.15) is 5.26 Å². The van der Waals surface area contributed by atoms with Crippen molar-refractivity contribution in [2.24, 2.45) is 34.5 Å². The summed E-state index contributed by atoms with van der Waals surface area (Å²) >= 11 is 0. The van der Waals surface area contributed by atoms with Crippen LogP contribution in [0.25, 0.3) is 0 Å². The van der Waals surface area contributed by atoms with E-state index >= 15 is 0 Å². The minimum Gasteiger partial charge on any atom is -0.390 e. The van der Waals surface area contributed by atoms with Crippen LogP contribution in [0.5, 0.6) is 0 Å². The zero-order valence-corrected chi connectivity index (χ0v) is 15.6. The van der Waals surface area contributed by atoms with Gasteiger partial charge in [-0.05, 0) is 99.2 Å². The van der Waals surface area contributed by atoms with Crippen molar-refractivity contribution in [2.75, 3.05) is 0 Å². The first-order valence-corrected chi connectivity index (χ1v) is 10.1. The van der Waals surface area contributed by atoms with Crippen molar-refractivity contribution in [1.82, 2.24) is 0 Å². The summed E-state index contributed by atoms with van der Waals surface area (Å²) in [5.74, 6) is 3.18. The normalized spacial score (nSPS) is 55.4. The molecule has 2 heteroatoms. The Morgan fingerprint density at radius 2 is 1.83 bits per heavy atom. The van der Waals surface area contributed by atoms with Gasteiger partial charge in [0.1, 0.15) is 0 Å². The second kappa shape index (κ2) is 5.34. The molecule has 4 saturated carbocycles. The third-order valence-electron chi connectivity index (χ3n) is 9.04. The summed E-state index contributed by atoms with van der Waals surface area (Å²) in [5, 5.41) is 19.7. The topological polar surface area (TPSA) is 44.0 Å². The first-order chi connectivity index (χ1) is 11.3. The molecule has 24 heavy (non-hydrogen) atoms. The van der Waals surface area contributed by atoms with Crippen LogP contribution in [0.1, 0.15) is 78.6 Å². The van der Waals surface area contributed by atoms with E-state index in [-0.39, 0.29) is 0 Å². The van der Waals surface area contributed by atoms with Gasteiger partial charge in [-0.1, -0.05) is 19.4 Å². The third kappa shape index (κ3) is 2.23. The van der Waals surface area contributed by atoms with E-state index in [0.29, 0.717) is 16.7 Å². The van der Waals surface area contributed by atoms with Gasteiger partial charge < -0.3 is 5.11 Å². The lowest BCUT2D eigenvalue weighted by Crippen LogP contribution is -2.55. The third-order valence-corrected chi connectivity index (χ3v) is 9.04. The highest BCUT2D eigenvalue weighted by molar-refractivity contribution is 5.28. The first kappa shape index (κ1) is 16.6. The number of fused-ring (bicyclic) bond motifs is 5. The fraction of sp³-hybridized carbons (Fsp3) is 0.864. The van der Waals surface area contributed by atoms with Crippen molar-refractivity contribution in [3.8, 4) is 6.07 Å². The minimum absolute atomic E-state index is 0.292. The molecule has 1 N–H and O–H groups in total. The number of hydrogen-bond acceptors (Lipinski definition) is 2.